The van der Waals surface area contributed by atoms with E-state index in [1.807, 2.05) is 18.7 Å². The first-order chi connectivity index (χ1) is 8.43. The molecule has 18 heavy (non-hydrogen) atoms. The molecule has 0 amide bonds. The smallest absolute Gasteiger partial charge is 0.0767 e. The van der Waals surface area contributed by atoms with Gasteiger partial charge in [0.2, 0.25) is 0 Å². The van der Waals surface area contributed by atoms with Crippen LogP contribution in [0.4, 0.5) is 0 Å². The third-order valence-corrected chi connectivity index (χ3v) is 4.55. The second kappa shape index (κ2) is 5.31. The van der Waals surface area contributed by atoms with Crippen LogP contribution >= 0.6 is 15.9 Å². The molecule has 1 saturated heterocycles. The summed E-state index contributed by atoms with van der Waals surface area (Å²) in [6, 6.07) is 0. The lowest BCUT2D eigenvalue weighted by Gasteiger charge is -2.36. The van der Waals surface area contributed by atoms with Crippen LogP contribution in [0.1, 0.15) is 38.1 Å². The van der Waals surface area contributed by atoms with Gasteiger partial charge in [-0.3, -0.25) is 9.58 Å². The van der Waals surface area contributed by atoms with Gasteiger partial charge in [0.15, 0.2) is 0 Å². The van der Waals surface area contributed by atoms with Gasteiger partial charge in [-0.2, -0.15) is 5.10 Å². The molecule has 1 unspecified atom stereocenters. The maximum Gasteiger partial charge on any atom is 0.0767 e. The van der Waals surface area contributed by atoms with Crippen molar-refractivity contribution in [1.29, 1.82) is 0 Å². The molecule has 0 aromatic carbocycles. The molecule has 1 aromatic rings. The number of rotatable bonds is 3. The van der Waals surface area contributed by atoms with Gasteiger partial charge < -0.3 is 5.11 Å². The van der Waals surface area contributed by atoms with Gasteiger partial charge in [-0.15, -0.1) is 0 Å². The number of piperidine rings is 1. The molecule has 1 aliphatic heterocycles. The van der Waals surface area contributed by atoms with Crippen LogP contribution in [0, 0.1) is 0 Å². The molecule has 102 valence electrons. The van der Waals surface area contributed by atoms with E-state index in [0.29, 0.717) is 0 Å². The maximum atomic E-state index is 10.1. The third-order valence-electron chi connectivity index (χ3n) is 3.63. The van der Waals surface area contributed by atoms with Crippen LogP contribution in [0.15, 0.2) is 4.47 Å². The van der Waals surface area contributed by atoms with Gasteiger partial charge in [0.25, 0.3) is 0 Å². The number of likely N-dealkylation sites (tertiary alicyclic amines) is 1. The van der Waals surface area contributed by atoms with Gasteiger partial charge in [0.05, 0.1) is 21.5 Å². The summed E-state index contributed by atoms with van der Waals surface area (Å²) >= 11 is 3.65. The van der Waals surface area contributed by atoms with Crippen LogP contribution in [-0.4, -0.2) is 38.5 Å². The first-order valence-electron chi connectivity index (χ1n) is 6.58. The second-order valence-electron chi connectivity index (χ2n) is 5.50. The van der Waals surface area contributed by atoms with Crippen molar-refractivity contribution in [2.24, 2.45) is 7.05 Å². The summed E-state index contributed by atoms with van der Waals surface area (Å²) in [7, 11) is 1.99. The molecule has 1 atom stereocenters. The van der Waals surface area contributed by atoms with Gasteiger partial charge in [-0.05, 0) is 48.7 Å². The molecular weight excluding hydrogens is 294 g/mol. The highest BCUT2D eigenvalue weighted by molar-refractivity contribution is 9.10. The molecule has 0 bridgehead atoms. The standard InChI is InChI=1S/C13H22BrN3O/c1-4-10-12(14)11(16(3)15-10)8-17-7-5-6-13(2,18)9-17/h18H,4-9H2,1-3H3. The molecule has 0 spiro atoms. The van der Waals surface area contributed by atoms with E-state index >= 15 is 0 Å². The van der Waals surface area contributed by atoms with Gasteiger partial charge in [-0.1, -0.05) is 6.92 Å². The first kappa shape index (κ1) is 14.0. The number of hydrogen-bond donors (Lipinski definition) is 1. The summed E-state index contributed by atoms with van der Waals surface area (Å²) < 4.78 is 3.07. The minimum Gasteiger partial charge on any atom is -0.389 e. The molecular formula is C13H22BrN3O. The first-order valence-corrected chi connectivity index (χ1v) is 7.37. The second-order valence-corrected chi connectivity index (χ2v) is 6.29. The Balaban J connectivity index is 2.12. The predicted molar refractivity (Wildman–Crippen MR) is 75.4 cm³/mol. The average molecular weight is 316 g/mol. The Kier molecular flexibility index (Phi) is 4.14. The number of halogens is 1. The minimum atomic E-state index is -0.545. The highest BCUT2D eigenvalue weighted by Crippen LogP contribution is 2.26. The summed E-state index contributed by atoms with van der Waals surface area (Å²) in [4.78, 5) is 2.31. The van der Waals surface area contributed by atoms with Gasteiger partial charge in [0, 0.05) is 20.1 Å². The molecule has 1 aliphatic rings. The summed E-state index contributed by atoms with van der Waals surface area (Å²) in [5.41, 5.74) is 1.76. The van der Waals surface area contributed by atoms with E-state index in [0.717, 1.165) is 49.1 Å². The SMILES string of the molecule is CCc1nn(C)c(CN2CCCC(C)(O)C2)c1Br. The predicted octanol–water partition coefficient (Wildman–Crippen LogP) is 2.09. The van der Waals surface area contributed by atoms with Gasteiger partial charge >= 0.3 is 0 Å². The molecule has 2 rings (SSSR count). The zero-order valence-electron chi connectivity index (χ0n) is 11.4. The van der Waals surface area contributed by atoms with E-state index in [2.05, 4.69) is 32.9 Å². The van der Waals surface area contributed by atoms with Crippen LogP contribution in [0.2, 0.25) is 0 Å². The van der Waals surface area contributed by atoms with Crippen molar-refractivity contribution in [2.75, 3.05) is 13.1 Å². The van der Waals surface area contributed by atoms with Crippen molar-refractivity contribution in [2.45, 2.75) is 45.3 Å². The van der Waals surface area contributed by atoms with Crippen molar-refractivity contribution in [3.8, 4) is 0 Å². The van der Waals surface area contributed by atoms with Crippen molar-refractivity contribution in [1.82, 2.24) is 14.7 Å². The van der Waals surface area contributed by atoms with Crippen LogP contribution in [0.3, 0.4) is 0 Å². The van der Waals surface area contributed by atoms with Crippen molar-refractivity contribution in [3.05, 3.63) is 15.9 Å². The number of aliphatic hydroxyl groups is 1. The van der Waals surface area contributed by atoms with Gasteiger partial charge in [-0.25, -0.2) is 0 Å². The van der Waals surface area contributed by atoms with Gasteiger partial charge in [0.1, 0.15) is 0 Å². The quantitative estimate of drug-likeness (QED) is 0.928. The molecule has 2 heterocycles. The number of β-amino-alcohol motifs (C(OH)–C–C–N with tert-alkyl or cyclic N) is 1. The monoisotopic (exact) mass is 315 g/mol. The fourth-order valence-electron chi connectivity index (χ4n) is 2.66. The van der Waals surface area contributed by atoms with Crippen molar-refractivity contribution in [3.63, 3.8) is 0 Å². The Hall–Kier alpha value is -0.390. The van der Waals surface area contributed by atoms with Crippen LogP contribution in [0.5, 0.6) is 0 Å². The largest absolute Gasteiger partial charge is 0.389 e. The number of aromatic nitrogens is 2. The summed E-state index contributed by atoms with van der Waals surface area (Å²) in [5.74, 6) is 0. The topological polar surface area (TPSA) is 41.3 Å². The number of nitrogens with zero attached hydrogens (tertiary/aromatic N) is 3. The maximum absolute atomic E-state index is 10.1. The molecule has 4 nitrogen and oxygen atoms in total. The van der Waals surface area contributed by atoms with Crippen LogP contribution in [-0.2, 0) is 20.0 Å². The Morgan fingerprint density at radius 3 is 2.78 bits per heavy atom. The van der Waals surface area contributed by atoms with E-state index < -0.39 is 5.60 Å². The molecule has 0 saturated carbocycles. The minimum absolute atomic E-state index is 0.545. The lowest BCUT2D eigenvalue weighted by molar-refractivity contribution is -0.0188. The Morgan fingerprint density at radius 2 is 2.22 bits per heavy atom. The highest BCUT2D eigenvalue weighted by atomic mass is 79.9. The molecule has 5 heteroatoms. The summed E-state index contributed by atoms with van der Waals surface area (Å²) in [5, 5.41) is 14.6. The zero-order valence-corrected chi connectivity index (χ0v) is 13.0. The van der Waals surface area contributed by atoms with E-state index in [9.17, 15) is 5.11 Å². The zero-order chi connectivity index (χ0) is 13.3. The van der Waals surface area contributed by atoms with E-state index in [-0.39, 0.29) is 0 Å². The summed E-state index contributed by atoms with van der Waals surface area (Å²) in [6.45, 7) is 6.68. The normalized spacial score (nSPS) is 25.6. The molecule has 0 radical (unpaired) electrons. The lowest BCUT2D eigenvalue weighted by atomic mass is 9.95. The van der Waals surface area contributed by atoms with Crippen molar-refractivity contribution >= 4 is 15.9 Å². The van der Waals surface area contributed by atoms with Crippen LogP contribution < -0.4 is 0 Å². The third kappa shape index (κ3) is 2.95. The Bertz CT molecular complexity index is 428. The molecule has 1 N–H and O–H groups in total. The average Bonchev–Trinajstić information content (AvgIpc) is 2.55. The Morgan fingerprint density at radius 1 is 1.50 bits per heavy atom. The fraction of sp³-hybridized carbons (Fsp3) is 0.769. The van der Waals surface area contributed by atoms with E-state index in [4.69, 9.17) is 0 Å². The van der Waals surface area contributed by atoms with Crippen LogP contribution in [0.25, 0.3) is 0 Å². The van der Waals surface area contributed by atoms with Crippen molar-refractivity contribution < 1.29 is 5.11 Å². The molecule has 1 fully saturated rings. The fourth-order valence-corrected chi connectivity index (χ4v) is 3.40. The Labute approximate surface area is 117 Å². The molecule has 1 aromatic heterocycles. The summed E-state index contributed by atoms with van der Waals surface area (Å²) in [6.07, 6.45) is 2.89. The lowest BCUT2D eigenvalue weighted by Crippen LogP contribution is -2.45. The number of hydrogen-bond acceptors (Lipinski definition) is 3. The van der Waals surface area contributed by atoms with E-state index in [1.54, 1.807) is 0 Å². The highest BCUT2D eigenvalue weighted by Gasteiger charge is 2.29. The number of aryl methyl sites for hydroxylation is 2. The molecule has 0 aliphatic carbocycles. The van der Waals surface area contributed by atoms with E-state index in [1.165, 1.54) is 5.69 Å².